The van der Waals surface area contributed by atoms with Crippen molar-refractivity contribution in [1.29, 1.82) is 0 Å². The quantitative estimate of drug-likeness (QED) is 0.610. The molecule has 1 aliphatic heterocycles. The fraction of sp³-hybridized carbons (Fsp3) is 0.529. The average Bonchev–Trinajstić information content (AvgIpc) is 3.00. The van der Waals surface area contributed by atoms with Crippen LogP contribution in [0.2, 0.25) is 0 Å². The molecule has 0 bridgehead atoms. The number of rotatable bonds is 6. The summed E-state index contributed by atoms with van der Waals surface area (Å²) in [7, 11) is 0. The molecule has 0 aliphatic carbocycles. The highest BCUT2D eigenvalue weighted by Crippen LogP contribution is 2.32. The molecule has 1 amide bonds. The highest BCUT2D eigenvalue weighted by Gasteiger charge is 2.45. The van der Waals surface area contributed by atoms with Gasteiger partial charge in [-0.15, -0.1) is 0 Å². The summed E-state index contributed by atoms with van der Waals surface area (Å²) in [6.07, 6.45) is 0.0772. The summed E-state index contributed by atoms with van der Waals surface area (Å²) in [6, 6.07) is 9.33. The molecule has 0 saturated carbocycles. The molecule has 1 aromatic carbocycles. The first-order chi connectivity index (χ1) is 10.9. The van der Waals surface area contributed by atoms with Crippen LogP contribution in [0.4, 0.5) is 0 Å². The summed E-state index contributed by atoms with van der Waals surface area (Å²) < 4.78 is 11.2. The third-order valence-electron chi connectivity index (χ3n) is 3.61. The smallest absolute Gasteiger partial charge is 0.309 e. The molecule has 6 heteroatoms. The summed E-state index contributed by atoms with van der Waals surface area (Å²) in [5.74, 6) is -0.395. The van der Waals surface area contributed by atoms with E-state index < -0.39 is 23.3 Å². The van der Waals surface area contributed by atoms with Crippen LogP contribution in [0.25, 0.3) is 0 Å². The molecule has 1 heterocycles. The lowest BCUT2D eigenvalue weighted by Crippen LogP contribution is -2.57. The number of hydrogen-bond donors (Lipinski definition) is 2. The van der Waals surface area contributed by atoms with Gasteiger partial charge in [-0.1, -0.05) is 30.3 Å². The number of amides is 1. The summed E-state index contributed by atoms with van der Waals surface area (Å²) in [5, 5.41) is 6.00. The Kier molecular flexibility index (Phi) is 5.38. The van der Waals surface area contributed by atoms with Gasteiger partial charge >= 0.3 is 5.97 Å². The van der Waals surface area contributed by atoms with Crippen LogP contribution < -0.4 is 10.6 Å². The molecule has 2 atom stereocenters. The molecule has 1 aromatic rings. The van der Waals surface area contributed by atoms with Gasteiger partial charge in [0.25, 0.3) is 0 Å². The first-order valence-corrected chi connectivity index (χ1v) is 7.71. The van der Waals surface area contributed by atoms with Gasteiger partial charge in [0.15, 0.2) is 0 Å². The predicted octanol–water partition coefficient (Wildman–Crippen LogP) is 1.31. The van der Waals surface area contributed by atoms with Crippen LogP contribution in [-0.4, -0.2) is 37.4 Å². The topological polar surface area (TPSA) is 76.7 Å². The van der Waals surface area contributed by atoms with E-state index in [1.165, 1.54) is 0 Å². The fourth-order valence-corrected chi connectivity index (χ4v) is 2.74. The van der Waals surface area contributed by atoms with Gasteiger partial charge in [-0.2, -0.15) is 0 Å². The van der Waals surface area contributed by atoms with Crippen LogP contribution >= 0.6 is 0 Å². The second kappa shape index (κ2) is 7.10. The third kappa shape index (κ3) is 4.30. The van der Waals surface area contributed by atoms with E-state index in [1.54, 1.807) is 0 Å². The number of hydrogen-bond acceptors (Lipinski definition) is 5. The number of benzene rings is 1. The number of nitrogens with one attached hydrogen (secondary N) is 2. The number of carbonyl (C=O) groups excluding carboxylic acids is 2. The molecule has 2 unspecified atom stereocenters. The lowest BCUT2D eigenvalue weighted by atomic mass is 9.84. The molecule has 1 fully saturated rings. The van der Waals surface area contributed by atoms with Crippen molar-refractivity contribution in [2.45, 2.75) is 44.6 Å². The van der Waals surface area contributed by atoms with Gasteiger partial charge in [-0.3, -0.25) is 14.9 Å². The zero-order chi connectivity index (χ0) is 16.9. The Bertz CT molecular complexity index is 535. The SMILES string of the molecule is CC(C)(C)OC(=O)CC(NC=O)(c1ccccc1)C1NCCO1. The summed E-state index contributed by atoms with van der Waals surface area (Å²) in [5.41, 5.74) is -0.815. The van der Waals surface area contributed by atoms with Crippen molar-refractivity contribution in [3.63, 3.8) is 0 Å². The molecular weight excluding hydrogens is 296 g/mol. The van der Waals surface area contributed by atoms with Crippen LogP contribution in [0.3, 0.4) is 0 Å². The maximum Gasteiger partial charge on any atom is 0.309 e. The summed E-state index contributed by atoms with van der Waals surface area (Å²) >= 11 is 0. The Labute approximate surface area is 136 Å². The van der Waals surface area contributed by atoms with Gasteiger partial charge in [-0.05, 0) is 26.3 Å². The number of esters is 1. The zero-order valence-corrected chi connectivity index (χ0v) is 13.8. The van der Waals surface area contributed by atoms with E-state index in [0.29, 0.717) is 19.6 Å². The highest BCUT2D eigenvalue weighted by molar-refractivity contribution is 5.73. The Morgan fingerprint density at radius 2 is 2.09 bits per heavy atom. The van der Waals surface area contributed by atoms with Crippen molar-refractivity contribution in [3.8, 4) is 0 Å². The van der Waals surface area contributed by atoms with E-state index >= 15 is 0 Å². The van der Waals surface area contributed by atoms with Crippen LogP contribution in [0.1, 0.15) is 32.8 Å². The van der Waals surface area contributed by atoms with Crippen LogP contribution in [0, 0.1) is 0 Å². The van der Waals surface area contributed by atoms with E-state index in [4.69, 9.17) is 9.47 Å². The van der Waals surface area contributed by atoms with E-state index in [9.17, 15) is 9.59 Å². The van der Waals surface area contributed by atoms with Crippen molar-refractivity contribution in [2.24, 2.45) is 0 Å². The Hall–Kier alpha value is -1.92. The molecule has 2 N–H and O–H groups in total. The lowest BCUT2D eigenvalue weighted by Gasteiger charge is -2.38. The van der Waals surface area contributed by atoms with Crippen molar-refractivity contribution in [3.05, 3.63) is 35.9 Å². The van der Waals surface area contributed by atoms with Crippen molar-refractivity contribution >= 4 is 12.4 Å². The molecule has 2 rings (SSSR count). The van der Waals surface area contributed by atoms with Crippen LogP contribution in [0.5, 0.6) is 0 Å². The molecule has 1 saturated heterocycles. The minimum Gasteiger partial charge on any atom is -0.460 e. The molecule has 0 radical (unpaired) electrons. The monoisotopic (exact) mass is 320 g/mol. The highest BCUT2D eigenvalue weighted by atomic mass is 16.6. The number of carbonyl (C=O) groups is 2. The van der Waals surface area contributed by atoms with Gasteiger partial charge < -0.3 is 14.8 Å². The Balaban J connectivity index is 2.36. The second-order valence-corrected chi connectivity index (χ2v) is 6.57. The molecule has 0 aromatic heterocycles. The zero-order valence-electron chi connectivity index (χ0n) is 13.8. The maximum atomic E-state index is 12.4. The van der Waals surface area contributed by atoms with Gasteiger partial charge in [0.1, 0.15) is 17.4 Å². The van der Waals surface area contributed by atoms with E-state index in [0.717, 1.165) is 5.56 Å². The van der Waals surface area contributed by atoms with E-state index in [1.807, 2.05) is 51.1 Å². The standard InChI is InChI=1S/C17H24N2O4/c1-16(2,3)23-14(21)11-17(19-12-20,15-18-9-10-22-15)13-7-5-4-6-8-13/h4-8,12,15,18H,9-11H2,1-3H3,(H,19,20). The maximum absolute atomic E-state index is 12.4. The summed E-state index contributed by atoms with van der Waals surface area (Å²) in [6.45, 7) is 6.62. The minimum absolute atomic E-state index is 0.0231. The molecule has 23 heavy (non-hydrogen) atoms. The van der Waals surface area contributed by atoms with E-state index in [2.05, 4.69) is 10.6 Å². The molecule has 0 spiro atoms. The van der Waals surface area contributed by atoms with Gasteiger partial charge in [-0.25, -0.2) is 0 Å². The Morgan fingerprint density at radius 3 is 2.61 bits per heavy atom. The molecule has 1 aliphatic rings. The van der Waals surface area contributed by atoms with Gasteiger partial charge in [0.05, 0.1) is 13.0 Å². The average molecular weight is 320 g/mol. The van der Waals surface area contributed by atoms with Crippen molar-refractivity contribution in [2.75, 3.05) is 13.2 Å². The second-order valence-electron chi connectivity index (χ2n) is 6.57. The van der Waals surface area contributed by atoms with Crippen molar-refractivity contribution in [1.82, 2.24) is 10.6 Å². The normalized spacial score (nSPS) is 20.6. The minimum atomic E-state index is -1.01. The molecule has 6 nitrogen and oxygen atoms in total. The van der Waals surface area contributed by atoms with Gasteiger partial charge in [0, 0.05) is 6.54 Å². The Morgan fingerprint density at radius 1 is 1.39 bits per heavy atom. The molecular formula is C17H24N2O4. The lowest BCUT2D eigenvalue weighted by molar-refractivity contribution is -0.159. The van der Waals surface area contributed by atoms with Crippen LogP contribution in [0.15, 0.2) is 30.3 Å². The number of ether oxygens (including phenoxy) is 2. The van der Waals surface area contributed by atoms with Gasteiger partial charge in [0.2, 0.25) is 6.41 Å². The largest absolute Gasteiger partial charge is 0.460 e. The molecule has 126 valence electrons. The predicted molar refractivity (Wildman–Crippen MR) is 85.5 cm³/mol. The van der Waals surface area contributed by atoms with E-state index in [-0.39, 0.29) is 6.42 Å². The first kappa shape index (κ1) is 17.4. The fourth-order valence-electron chi connectivity index (χ4n) is 2.74. The third-order valence-corrected chi connectivity index (χ3v) is 3.61. The van der Waals surface area contributed by atoms with Crippen molar-refractivity contribution < 1.29 is 19.1 Å². The summed E-state index contributed by atoms with van der Waals surface area (Å²) in [4.78, 5) is 23.7. The first-order valence-electron chi connectivity index (χ1n) is 7.71. The van der Waals surface area contributed by atoms with Crippen LogP contribution in [-0.2, 0) is 24.6 Å².